The van der Waals surface area contributed by atoms with Crippen molar-refractivity contribution in [1.29, 1.82) is 0 Å². The van der Waals surface area contributed by atoms with E-state index >= 15 is 0 Å². The van der Waals surface area contributed by atoms with E-state index in [1.54, 1.807) is 0 Å². The third kappa shape index (κ3) is 3.32. The van der Waals surface area contributed by atoms with E-state index in [1.807, 2.05) is 0 Å². The first-order valence-corrected chi connectivity index (χ1v) is 5.87. The molecule has 0 aromatic heterocycles. The average molecular weight is 198 g/mol. The van der Waals surface area contributed by atoms with Gasteiger partial charge in [0.05, 0.1) is 0 Å². The van der Waals surface area contributed by atoms with Crippen LogP contribution in [0.1, 0.15) is 52.4 Å². The summed E-state index contributed by atoms with van der Waals surface area (Å²) in [6.07, 6.45) is 6.41. The zero-order chi connectivity index (χ0) is 10.6. The van der Waals surface area contributed by atoms with Crippen LogP contribution in [0.3, 0.4) is 0 Å². The number of rotatable bonds is 4. The molecule has 0 aliphatic heterocycles. The van der Waals surface area contributed by atoms with Crippen LogP contribution in [0.15, 0.2) is 0 Å². The van der Waals surface area contributed by atoms with Crippen molar-refractivity contribution in [3.05, 3.63) is 0 Å². The fourth-order valence-corrected chi connectivity index (χ4v) is 2.78. The normalized spacial score (nSPS) is 32.9. The fourth-order valence-electron chi connectivity index (χ4n) is 2.78. The number of aliphatic carboxylic acids is 1. The molecule has 1 aliphatic rings. The molecule has 0 heterocycles. The molecule has 0 saturated heterocycles. The zero-order valence-corrected chi connectivity index (χ0v) is 9.33. The lowest BCUT2D eigenvalue weighted by Gasteiger charge is -2.33. The van der Waals surface area contributed by atoms with Gasteiger partial charge in [0.15, 0.2) is 0 Å². The predicted octanol–water partition coefficient (Wildman–Crippen LogP) is 3.31. The second kappa shape index (κ2) is 5.38. The molecule has 1 fully saturated rings. The van der Waals surface area contributed by atoms with Gasteiger partial charge in [-0.25, -0.2) is 0 Å². The van der Waals surface area contributed by atoms with E-state index < -0.39 is 5.97 Å². The maximum atomic E-state index is 10.7. The Morgan fingerprint density at radius 3 is 1.86 bits per heavy atom. The Morgan fingerprint density at radius 1 is 1.07 bits per heavy atom. The molecule has 0 aromatic rings. The van der Waals surface area contributed by atoms with Crippen molar-refractivity contribution in [2.24, 2.45) is 17.8 Å². The molecule has 82 valence electrons. The van der Waals surface area contributed by atoms with Crippen LogP contribution in [0.2, 0.25) is 0 Å². The molecule has 1 rings (SSSR count). The summed E-state index contributed by atoms with van der Waals surface area (Å²) in [7, 11) is 0. The van der Waals surface area contributed by atoms with Crippen molar-refractivity contribution < 1.29 is 9.90 Å². The second-order valence-corrected chi connectivity index (χ2v) is 4.72. The average Bonchev–Trinajstić information content (AvgIpc) is 2.16. The van der Waals surface area contributed by atoms with E-state index in [-0.39, 0.29) is 0 Å². The molecular formula is C12H22O2. The van der Waals surface area contributed by atoms with Crippen LogP contribution in [-0.2, 0) is 4.79 Å². The fraction of sp³-hybridized carbons (Fsp3) is 0.917. The van der Waals surface area contributed by atoms with Gasteiger partial charge in [-0.2, -0.15) is 0 Å². The second-order valence-electron chi connectivity index (χ2n) is 4.72. The monoisotopic (exact) mass is 198 g/mol. The molecule has 1 aliphatic carbocycles. The highest BCUT2D eigenvalue weighted by atomic mass is 16.4. The van der Waals surface area contributed by atoms with Gasteiger partial charge in [-0.1, -0.05) is 26.7 Å². The summed E-state index contributed by atoms with van der Waals surface area (Å²) in [5, 5.41) is 8.78. The topological polar surface area (TPSA) is 37.3 Å². The minimum atomic E-state index is -0.624. The largest absolute Gasteiger partial charge is 0.481 e. The van der Waals surface area contributed by atoms with Crippen LogP contribution >= 0.6 is 0 Å². The Morgan fingerprint density at radius 2 is 1.50 bits per heavy atom. The van der Waals surface area contributed by atoms with Gasteiger partial charge in [0.1, 0.15) is 0 Å². The lowest BCUT2D eigenvalue weighted by Crippen LogP contribution is -2.24. The van der Waals surface area contributed by atoms with E-state index in [1.165, 1.54) is 19.3 Å². The van der Waals surface area contributed by atoms with Gasteiger partial charge in [-0.05, 0) is 37.0 Å². The van der Waals surface area contributed by atoms with Crippen molar-refractivity contribution in [1.82, 2.24) is 0 Å². The quantitative estimate of drug-likeness (QED) is 0.752. The van der Waals surface area contributed by atoms with Crippen LogP contribution in [0.25, 0.3) is 0 Å². The SMILES string of the molecule is CCC1CC(CC)CC(CC(=O)O)C1. The van der Waals surface area contributed by atoms with Crippen molar-refractivity contribution in [3.8, 4) is 0 Å². The summed E-state index contributed by atoms with van der Waals surface area (Å²) >= 11 is 0. The van der Waals surface area contributed by atoms with E-state index in [9.17, 15) is 4.79 Å². The lowest BCUT2D eigenvalue weighted by molar-refractivity contribution is -0.138. The molecule has 0 spiro atoms. The minimum Gasteiger partial charge on any atom is -0.481 e. The third-order valence-corrected chi connectivity index (χ3v) is 3.62. The third-order valence-electron chi connectivity index (χ3n) is 3.62. The first kappa shape index (κ1) is 11.5. The highest BCUT2D eigenvalue weighted by Crippen LogP contribution is 2.37. The summed E-state index contributed by atoms with van der Waals surface area (Å²) in [5.41, 5.74) is 0. The number of carboxylic acids is 1. The van der Waals surface area contributed by atoms with E-state index in [0.717, 1.165) is 24.7 Å². The van der Waals surface area contributed by atoms with Gasteiger partial charge in [-0.3, -0.25) is 4.79 Å². The highest BCUT2D eigenvalue weighted by molar-refractivity contribution is 5.67. The van der Waals surface area contributed by atoms with Crippen molar-refractivity contribution in [2.45, 2.75) is 52.4 Å². The smallest absolute Gasteiger partial charge is 0.303 e. The van der Waals surface area contributed by atoms with Gasteiger partial charge in [0.25, 0.3) is 0 Å². The molecular weight excluding hydrogens is 176 g/mol. The molecule has 14 heavy (non-hydrogen) atoms. The molecule has 2 heteroatoms. The maximum Gasteiger partial charge on any atom is 0.303 e. The Balaban J connectivity index is 2.46. The molecule has 1 N–H and O–H groups in total. The number of hydrogen-bond acceptors (Lipinski definition) is 1. The van der Waals surface area contributed by atoms with Crippen molar-refractivity contribution in [3.63, 3.8) is 0 Å². The van der Waals surface area contributed by atoms with Crippen LogP contribution < -0.4 is 0 Å². The van der Waals surface area contributed by atoms with Gasteiger partial charge in [0.2, 0.25) is 0 Å². The zero-order valence-electron chi connectivity index (χ0n) is 9.33. The Labute approximate surface area is 86.7 Å². The van der Waals surface area contributed by atoms with Gasteiger partial charge in [0, 0.05) is 6.42 Å². The highest BCUT2D eigenvalue weighted by Gasteiger charge is 2.28. The van der Waals surface area contributed by atoms with Crippen LogP contribution in [0.5, 0.6) is 0 Å². The number of carboxylic acid groups (broad SMARTS) is 1. The van der Waals surface area contributed by atoms with Gasteiger partial charge >= 0.3 is 5.97 Å². The van der Waals surface area contributed by atoms with Gasteiger partial charge < -0.3 is 5.11 Å². The van der Waals surface area contributed by atoms with E-state index in [2.05, 4.69) is 13.8 Å². The maximum absolute atomic E-state index is 10.7. The van der Waals surface area contributed by atoms with E-state index in [0.29, 0.717) is 12.3 Å². The summed E-state index contributed by atoms with van der Waals surface area (Å²) in [4.78, 5) is 10.7. The molecule has 2 nitrogen and oxygen atoms in total. The van der Waals surface area contributed by atoms with Crippen molar-refractivity contribution >= 4 is 5.97 Å². The summed E-state index contributed by atoms with van der Waals surface area (Å²) in [5.74, 6) is 1.37. The lowest BCUT2D eigenvalue weighted by atomic mass is 9.72. The minimum absolute atomic E-state index is 0.382. The summed E-state index contributed by atoms with van der Waals surface area (Å²) < 4.78 is 0. The van der Waals surface area contributed by atoms with Gasteiger partial charge in [-0.15, -0.1) is 0 Å². The molecule has 0 bridgehead atoms. The number of hydrogen-bond donors (Lipinski definition) is 1. The molecule has 0 aromatic carbocycles. The molecule has 0 amide bonds. The standard InChI is InChI=1S/C12H22O2/c1-3-9-5-10(4-2)7-11(6-9)8-12(13)14/h9-11H,3-8H2,1-2H3,(H,13,14). The summed E-state index contributed by atoms with van der Waals surface area (Å²) in [6, 6.07) is 0. The first-order chi connectivity index (χ1) is 6.65. The number of carbonyl (C=O) groups is 1. The molecule has 2 unspecified atom stereocenters. The Kier molecular flexibility index (Phi) is 4.43. The molecule has 1 saturated carbocycles. The Bertz CT molecular complexity index is 177. The van der Waals surface area contributed by atoms with E-state index in [4.69, 9.17) is 5.11 Å². The first-order valence-electron chi connectivity index (χ1n) is 5.87. The predicted molar refractivity (Wildman–Crippen MR) is 57.2 cm³/mol. The molecule has 2 atom stereocenters. The summed E-state index contributed by atoms with van der Waals surface area (Å²) in [6.45, 7) is 4.45. The Hall–Kier alpha value is -0.530. The van der Waals surface area contributed by atoms with Crippen LogP contribution in [-0.4, -0.2) is 11.1 Å². The molecule has 0 radical (unpaired) electrons. The van der Waals surface area contributed by atoms with Crippen molar-refractivity contribution in [2.75, 3.05) is 0 Å². The van der Waals surface area contributed by atoms with Crippen LogP contribution in [0, 0.1) is 17.8 Å². The van der Waals surface area contributed by atoms with Crippen LogP contribution in [0.4, 0.5) is 0 Å².